The Morgan fingerprint density at radius 3 is 2.56 bits per heavy atom. The molecule has 0 unspecified atom stereocenters. The molecule has 1 heterocycles. The van der Waals surface area contributed by atoms with Gasteiger partial charge in [-0.3, -0.25) is 9.59 Å². The van der Waals surface area contributed by atoms with E-state index in [0.717, 1.165) is 13.1 Å². The first-order valence-corrected chi connectivity index (χ1v) is 5.26. The number of nitrogens with one attached hydrogen (secondary N) is 2. The monoisotopic (exact) mass is 229 g/mol. The summed E-state index contributed by atoms with van der Waals surface area (Å²) >= 11 is 0. The summed E-state index contributed by atoms with van der Waals surface area (Å²) in [4.78, 5) is 24.0. The number of amides is 2. The fourth-order valence-electron chi connectivity index (χ4n) is 1.31. The van der Waals surface area contributed by atoms with Crippen LogP contribution in [0.3, 0.4) is 0 Å². The molecule has 0 aliphatic carbocycles. The Kier molecular flexibility index (Phi) is 4.26. The molecule has 1 saturated heterocycles. The number of hydrogen-bond acceptors (Lipinski definition) is 4. The first kappa shape index (κ1) is 12.9. The molecule has 0 atom stereocenters. The van der Waals surface area contributed by atoms with Crippen LogP contribution in [-0.2, 0) is 14.3 Å². The molecule has 6 heteroatoms. The van der Waals surface area contributed by atoms with E-state index in [4.69, 9.17) is 4.74 Å². The van der Waals surface area contributed by atoms with Crippen molar-refractivity contribution < 1.29 is 14.3 Å². The molecule has 1 rings (SSSR count). The van der Waals surface area contributed by atoms with E-state index in [1.165, 1.54) is 11.9 Å². The van der Waals surface area contributed by atoms with Crippen molar-refractivity contribution in [2.45, 2.75) is 12.5 Å². The van der Waals surface area contributed by atoms with Gasteiger partial charge in [0, 0.05) is 27.2 Å². The Balaban J connectivity index is 2.26. The molecule has 16 heavy (non-hydrogen) atoms. The van der Waals surface area contributed by atoms with Gasteiger partial charge in [0.2, 0.25) is 11.8 Å². The second kappa shape index (κ2) is 5.27. The molecule has 0 bridgehead atoms. The van der Waals surface area contributed by atoms with Gasteiger partial charge in [-0.05, 0) is 6.92 Å². The number of carbonyl (C=O) groups excluding carboxylic acids is 2. The van der Waals surface area contributed by atoms with Crippen LogP contribution in [0, 0.1) is 0 Å². The third-order valence-electron chi connectivity index (χ3n) is 2.63. The quantitative estimate of drug-likeness (QED) is 0.606. The topological polar surface area (TPSA) is 70.7 Å². The molecule has 1 aliphatic rings. The normalized spacial score (nSPS) is 17.4. The zero-order chi connectivity index (χ0) is 12.2. The molecule has 92 valence electrons. The average molecular weight is 229 g/mol. The Morgan fingerprint density at radius 1 is 1.50 bits per heavy atom. The van der Waals surface area contributed by atoms with Crippen LogP contribution >= 0.6 is 0 Å². The highest BCUT2D eigenvalue weighted by atomic mass is 16.5. The summed E-state index contributed by atoms with van der Waals surface area (Å²) in [5, 5.41) is 5.54. The molecule has 1 fully saturated rings. The third kappa shape index (κ3) is 3.46. The lowest BCUT2D eigenvalue weighted by Crippen LogP contribution is -2.59. The summed E-state index contributed by atoms with van der Waals surface area (Å²) in [5.74, 6) is -0.371. The molecule has 1 aliphatic heterocycles. The van der Waals surface area contributed by atoms with E-state index in [1.807, 2.05) is 6.92 Å². The summed E-state index contributed by atoms with van der Waals surface area (Å²) in [6, 6.07) is 0. The molecule has 0 saturated carbocycles. The van der Waals surface area contributed by atoms with E-state index in [9.17, 15) is 9.59 Å². The number of hydrogen-bond donors (Lipinski definition) is 2. The number of rotatable bonds is 5. The minimum absolute atomic E-state index is 0.0195. The minimum Gasteiger partial charge on any atom is -0.363 e. The zero-order valence-electron chi connectivity index (χ0n) is 10.0. The molecule has 0 aromatic rings. The highest BCUT2D eigenvalue weighted by Gasteiger charge is 2.33. The van der Waals surface area contributed by atoms with Gasteiger partial charge in [-0.15, -0.1) is 0 Å². The van der Waals surface area contributed by atoms with Crippen molar-refractivity contribution in [1.82, 2.24) is 15.5 Å². The minimum atomic E-state index is -0.233. The van der Waals surface area contributed by atoms with Crippen LogP contribution in [-0.4, -0.2) is 62.7 Å². The first-order valence-electron chi connectivity index (χ1n) is 5.26. The van der Waals surface area contributed by atoms with Crippen molar-refractivity contribution in [2.75, 3.05) is 40.3 Å². The average Bonchev–Trinajstić information content (AvgIpc) is 2.22. The highest BCUT2D eigenvalue weighted by Crippen LogP contribution is 2.14. The van der Waals surface area contributed by atoms with E-state index in [1.54, 1.807) is 7.05 Å². The van der Waals surface area contributed by atoms with Gasteiger partial charge in [-0.25, -0.2) is 0 Å². The van der Waals surface area contributed by atoms with E-state index >= 15 is 0 Å². The highest BCUT2D eigenvalue weighted by molar-refractivity contribution is 5.84. The van der Waals surface area contributed by atoms with Crippen molar-refractivity contribution in [3.8, 4) is 0 Å². The van der Waals surface area contributed by atoms with Gasteiger partial charge in [0.25, 0.3) is 0 Å². The molecule has 2 N–H and O–H groups in total. The maximum atomic E-state index is 11.6. The second-order valence-electron chi connectivity index (χ2n) is 4.27. The van der Waals surface area contributed by atoms with Gasteiger partial charge in [0.05, 0.1) is 12.1 Å². The van der Waals surface area contributed by atoms with Gasteiger partial charge in [-0.1, -0.05) is 0 Å². The standard InChI is InChI=1S/C10H19N3O3/c1-10(6-12-7-10)16-5-9(15)13(3)4-8(14)11-2/h12H,4-7H2,1-3H3,(H,11,14). The fraction of sp³-hybridized carbons (Fsp3) is 0.800. The van der Waals surface area contributed by atoms with E-state index < -0.39 is 0 Å². The van der Waals surface area contributed by atoms with Gasteiger partial charge < -0.3 is 20.3 Å². The third-order valence-corrected chi connectivity index (χ3v) is 2.63. The summed E-state index contributed by atoms with van der Waals surface area (Å²) in [7, 11) is 3.13. The number of nitrogens with zero attached hydrogens (tertiary/aromatic N) is 1. The van der Waals surface area contributed by atoms with Crippen molar-refractivity contribution in [3.63, 3.8) is 0 Å². The van der Waals surface area contributed by atoms with Crippen LogP contribution in [0.4, 0.5) is 0 Å². The summed E-state index contributed by atoms with van der Waals surface area (Å²) < 4.78 is 5.48. The number of likely N-dealkylation sites (N-methyl/N-ethyl adjacent to an activating group) is 2. The van der Waals surface area contributed by atoms with E-state index in [2.05, 4.69) is 10.6 Å². The largest absolute Gasteiger partial charge is 0.363 e. The Hall–Kier alpha value is -1.14. The van der Waals surface area contributed by atoms with E-state index in [0.29, 0.717) is 0 Å². The fourth-order valence-corrected chi connectivity index (χ4v) is 1.31. The Morgan fingerprint density at radius 2 is 2.12 bits per heavy atom. The summed E-state index contributed by atoms with van der Waals surface area (Å²) in [6.07, 6.45) is 0. The maximum Gasteiger partial charge on any atom is 0.248 e. The van der Waals surface area contributed by atoms with E-state index in [-0.39, 0.29) is 30.6 Å². The van der Waals surface area contributed by atoms with Gasteiger partial charge >= 0.3 is 0 Å². The smallest absolute Gasteiger partial charge is 0.248 e. The lowest BCUT2D eigenvalue weighted by atomic mass is 10.0. The van der Waals surface area contributed by atoms with Crippen molar-refractivity contribution in [3.05, 3.63) is 0 Å². The number of carbonyl (C=O) groups is 2. The van der Waals surface area contributed by atoms with Gasteiger partial charge in [0.15, 0.2) is 0 Å². The first-order chi connectivity index (χ1) is 7.47. The zero-order valence-corrected chi connectivity index (χ0v) is 10.0. The lowest BCUT2D eigenvalue weighted by molar-refractivity contribution is -0.146. The Bertz CT molecular complexity index is 276. The van der Waals surface area contributed by atoms with Crippen molar-refractivity contribution in [2.24, 2.45) is 0 Å². The molecule has 6 nitrogen and oxygen atoms in total. The maximum absolute atomic E-state index is 11.6. The van der Waals surface area contributed by atoms with Crippen molar-refractivity contribution in [1.29, 1.82) is 0 Å². The van der Waals surface area contributed by atoms with Crippen LogP contribution in [0.25, 0.3) is 0 Å². The molecule has 0 aromatic carbocycles. The predicted molar refractivity (Wildman–Crippen MR) is 58.9 cm³/mol. The number of ether oxygens (including phenoxy) is 1. The summed E-state index contributed by atoms with van der Waals surface area (Å²) in [5.41, 5.74) is -0.233. The molecule has 2 amide bonds. The second-order valence-corrected chi connectivity index (χ2v) is 4.27. The SMILES string of the molecule is CNC(=O)CN(C)C(=O)COC1(C)CNC1. The van der Waals surface area contributed by atoms with Crippen LogP contribution < -0.4 is 10.6 Å². The van der Waals surface area contributed by atoms with Crippen LogP contribution in [0.1, 0.15) is 6.92 Å². The van der Waals surface area contributed by atoms with Crippen LogP contribution in [0.15, 0.2) is 0 Å². The molecule has 0 radical (unpaired) electrons. The summed E-state index contributed by atoms with van der Waals surface area (Å²) in [6.45, 7) is 3.56. The molecular weight excluding hydrogens is 210 g/mol. The molecular formula is C10H19N3O3. The Labute approximate surface area is 95.3 Å². The van der Waals surface area contributed by atoms with Crippen molar-refractivity contribution >= 4 is 11.8 Å². The lowest BCUT2D eigenvalue weighted by Gasteiger charge is -2.39. The molecule has 0 aromatic heterocycles. The van der Waals surface area contributed by atoms with Gasteiger partial charge in [-0.2, -0.15) is 0 Å². The molecule has 0 spiro atoms. The predicted octanol–water partition coefficient (Wildman–Crippen LogP) is -1.43. The van der Waals surface area contributed by atoms with Gasteiger partial charge in [0.1, 0.15) is 6.61 Å². The van der Waals surface area contributed by atoms with Crippen LogP contribution in [0.2, 0.25) is 0 Å². The van der Waals surface area contributed by atoms with Crippen LogP contribution in [0.5, 0.6) is 0 Å².